The van der Waals surface area contributed by atoms with Crippen molar-refractivity contribution >= 4 is 23.0 Å². The Balaban J connectivity index is 2.49. The molecule has 116 valence electrons. The molecule has 0 spiro atoms. The summed E-state index contributed by atoms with van der Waals surface area (Å²) < 4.78 is 10.7. The van der Waals surface area contributed by atoms with Gasteiger partial charge in [-0.25, -0.2) is 4.79 Å². The number of ether oxygens (including phenoxy) is 2. The van der Waals surface area contributed by atoms with Gasteiger partial charge in [0.1, 0.15) is 13.2 Å². The Kier molecular flexibility index (Phi) is 6.65. The SMILES string of the molecule is C[N+](C)(C)C[C@@H](CC(=O)OCc1ccccc1)OC(=O)Cl. The van der Waals surface area contributed by atoms with Crippen molar-refractivity contribution in [2.75, 3.05) is 27.7 Å². The van der Waals surface area contributed by atoms with Gasteiger partial charge in [-0.1, -0.05) is 30.3 Å². The molecule has 0 aliphatic carbocycles. The molecule has 1 aromatic rings. The van der Waals surface area contributed by atoms with Crippen LogP contribution in [0.5, 0.6) is 0 Å². The number of hydrogen-bond donors (Lipinski definition) is 0. The van der Waals surface area contributed by atoms with Crippen LogP contribution in [0.4, 0.5) is 4.79 Å². The fourth-order valence-electron chi connectivity index (χ4n) is 1.87. The van der Waals surface area contributed by atoms with Gasteiger partial charge in [-0.15, -0.1) is 0 Å². The lowest BCUT2D eigenvalue weighted by Crippen LogP contribution is -2.43. The molecule has 0 amide bonds. The van der Waals surface area contributed by atoms with Gasteiger partial charge in [0.05, 0.1) is 27.6 Å². The second kappa shape index (κ2) is 8.00. The van der Waals surface area contributed by atoms with Crippen LogP contribution >= 0.6 is 11.6 Å². The van der Waals surface area contributed by atoms with Crippen molar-refractivity contribution < 1.29 is 23.5 Å². The average molecular weight is 315 g/mol. The summed E-state index contributed by atoms with van der Waals surface area (Å²) in [6.45, 7) is 0.671. The lowest BCUT2D eigenvalue weighted by molar-refractivity contribution is -0.873. The van der Waals surface area contributed by atoms with Crippen LogP contribution in [0.25, 0.3) is 0 Å². The van der Waals surface area contributed by atoms with E-state index in [0.717, 1.165) is 5.56 Å². The monoisotopic (exact) mass is 314 g/mol. The number of quaternary nitrogens is 1. The van der Waals surface area contributed by atoms with Gasteiger partial charge >= 0.3 is 11.4 Å². The number of benzene rings is 1. The van der Waals surface area contributed by atoms with E-state index in [0.29, 0.717) is 11.0 Å². The molecular formula is C15H21ClNO4+. The Morgan fingerprint density at radius 3 is 2.33 bits per heavy atom. The van der Waals surface area contributed by atoms with Crippen molar-refractivity contribution in [3.05, 3.63) is 35.9 Å². The first-order valence-electron chi connectivity index (χ1n) is 6.62. The van der Waals surface area contributed by atoms with E-state index in [9.17, 15) is 9.59 Å². The van der Waals surface area contributed by atoms with Crippen molar-refractivity contribution in [3.8, 4) is 0 Å². The summed E-state index contributed by atoms with van der Waals surface area (Å²) in [5.74, 6) is -0.421. The van der Waals surface area contributed by atoms with Gasteiger partial charge in [-0.3, -0.25) is 4.79 Å². The number of nitrogens with zero attached hydrogens (tertiary/aromatic N) is 1. The highest BCUT2D eigenvalue weighted by Crippen LogP contribution is 2.09. The van der Waals surface area contributed by atoms with Crippen molar-refractivity contribution in [2.45, 2.75) is 19.1 Å². The molecule has 1 atom stereocenters. The van der Waals surface area contributed by atoms with Gasteiger partial charge in [0.2, 0.25) is 0 Å². The minimum Gasteiger partial charge on any atom is -0.461 e. The fraction of sp³-hybridized carbons (Fsp3) is 0.467. The third-order valence-electron chi connectivity index (χ3n) is 2.65. The van der Waals surface area contributed by atoms with E-state index < -0.39 is 17.5 Å². The maximum atomic E-state index is 11.8. The highest BCUT2D eigenvalue weighted by Gasteiger charge is 2.25. The number of halogens is 1. The van der Waals surface area contributed by atoms with Crippen LogP contribution in [0, 0.1) is 0 Å². The van der Waals surface area contributed by atoms with Crippen LogP contribution in [0.2, 0.25) is 0 Å². The lowest BCUT2D eigenvalue weighted by atomic mass is 10.2. The van der Waals surface area contributed by atoms with Crippen LogP contribution in [-0.2, 0) is 20.9 Å². The zero-order valence-corrected chi connectivity index (χ0v) is 13.3. The second-order valence-corrected chi connectivity index (χ2v) is 6.11. The summed E-state index contributed by atoms with van der Waals surface area (Å²) in [5, 5.41) is 0. The van der Waals surface area contributed by atoms with Crippen LogP contribution in [0.15, 0.2) is 30.3 Å². The molecular weight excluding hydrogens is 294 g/mol. The van der Waals surface area contributed by atoms with E-state index in [2.05, 4.69) is 0 Å². The van der Waals surface area contributed by atoms with Crippen molar-refractivity contribution in [3.63, 3.8) is 0 Å². The molecule has 1 aromatic carbocycles. The fourth-order valence-corrected chi connectivity index (χ4v) is 1.99. The zero-order valence-electron chi connectivity index (χ0n) is 12.5. The van der Waals surface area contributed by atoms with E-state index in [4.69, 9.17) is 21.1 Å². The normalized spacial score (nSPS) is 12.6. The molecule has 0 N–H and O–H groups in total. The molecule has 0 saturated heterocycles. The van der Waals surface area contributed by atoms with E-state index in [-0.39, 0.29) is 13.0 Å². The first-order chi connectivity index (χ1) is 9.76. The van der Waals surface area contributed by atoms with Crippen molar-refractivity contribution in [2.24, 2.45) is 0 Å². The third-order valence-corrected chi connectivity index (χ3v) is 2.74. The summed E-state index contributed by atoms with van der Waals surface area (Å²) in [6.07, 6.45) is -0.612. The first-order valence-corrected chi connectivity index (χ1v) is 7.00. The summed E-state index contributed by atoms with van der Waals surface area (Å²) in [6, 6.07) is 9.38. The third kappa shape index (κ3) is 8.32. The number of likely N-dealkylation sites (N-methyl/N-ethyl adjacent to an activating group) is 1. The van der Waals surface area contributed by atoms with E-state index in [1.807, 2.05) is 51.5 Å². The summed E-state index contributed by atoms with van der Waals surface area (Å²) in [4.78, 5) is 22.7. The molecule has 5 nitrogen and oxygen atoms in total. The lowest BCUT2D eigenvalue weighted by Gasteiger charge is -2.28. The molecule has 1 rings (SSSR count). The zero-order chi connectivity index (χ0) is 15.9. The van der Waals surface area contributed by atoms with Crippen molar-refractivity contribution in [1.29, 1.82) is 0 Å². The molecule has 0 fully saturated rings. The van der Waals surface area contributed by atoms with Gasteiger partial charge in [0, 0.05) is 11.6 Å². The van der Waals surface area contributed by atoms with Gasteiger partial charge in [0.15, 0.2) is 6.10 Å². The summed E-state index contributed by atoms with van der Waals surface area (Å²) >= 11 is 5.24. The Hall–Kier alpha value is -1.59. The molecule has 0 radical (unpaired) electrons. The molecule has 0 aliphatic rings. The van der Waals surface area contributed by atoms with E-state index in [1.54, 1.807) is 0 Å². The second-order valence-electron chi connectivity index (χ2n) is 5.80. The Labute approximate surface area is 130 Å². The highest BCUT2D eigenvalue weighted by molar-refractivity contribution is 6.61. The van der Waals surface area contributed by atoms with E-state index >= 15 is 0 Å². The Bertz CT molecular complexity index is 470. The molecule has 0 aliphatic heterocycles. The molecule has 0 unspecified atom stereocenters. The standard InChI is InChI=1S/C15H21ClNO4/c1-17(2,3)10-13(21-15(16)19)9-14(18)20-11-12-7-5-4-6-8-12/h4-8,13H,9-11H2,1-3H3/q+1/t13-/m1/s1. The summed E-state index contributed by atoms with van der Waals surface area (Å²) in [7, 11) is 5.80. The average Bonchev–Trinajstić information content (AvgIpc) is 2.34. The molecule has 21 heavy (non-hydrogen) atoms. The first kappa shape index (κ1) is 17.5. The maximum Gasteiger partial charge on any atom is 0.404 e. The quantitative estimate of drug-likeness (QED) is 0.441. The number of hydrogen-bond acceptors (Lipinski definition) is 4. The minimum atomic E-state index is -0.913. The maximum absolute atomic E-state index is 11.8. The topological polar surface area (TPSA) is 52.6 Å². The molecule has 0 aromatic heterocycles. The Morgan fingerprint density at radius 2 is 1.81 bits per heavy atom. The highest BCUT2D eigenvalue weighted by atomic mass is 35.5. The van der Waals surface area contributed by atoms with Gasteiger partial charge < -0.3 is 14.0 Å². The predicted molar refractivity (Wildman–Crippen MR) is 79.9 cm³/mol. The number of rotatable bonds is 7. The van der Waals surface area contributed by atoms with Crippen LogP contribution in [0.3, 0.4) is 0 Å². The van der Waals surface area contributed by atoms with Gasteiger partial charge in [-0.2, -0.15) is 0 Å². The smallest absolute Gasteiger partial charge is 0.404 e. The van der Waals surface area contributed by atoms with Gasteiger partial charge in [-0.05, 0) is 5.56 Å². The molecule has 0 heterocycles. The Morgan fingerprint density at radius 1 is 1.19 bits per heavy atom. The molecule has 6 heteroatoms. The van der Waals surface area contributed by atoms with Crippen molar-refractivity contribution in [1.82, 2.24) is 0 Å². The van der Waals surface area contributed by atoms with Crippen LogP contribution in [0.1, 0.15) is 12.0 Å². The summed E-state index contributed by atoms with van der Waals surface area (Å²) in [5.41, 5.74) is -0.00681. The van der Waals surface area contributed by atoms with Gasteiger partial charge in [0.25, 0.3) is 0 Å². The molecule has 0 saturated carbocycles. The van der Waals surface area contributed by atoms with Crippen LogP contribution in [-0.4, -0.2) is 49.7 Å². The minimum absolute atomic E-state index is 0.0131. The number of carbonyl (C=O) groups is 2. The van der Waals surface area contributed by atoms with Crippen LogP contribution < -0.4 is 0 Å². The molecule has 0 bridgehead atoms. The largest absolute Gasteiger partial charge is 0.461 e. The number of carbonyl (C=O) groups excluding carboxylic acids is 2. The number of esters is 1. The van der Waals surface area contributed by atoms with E-state index in [1.165, 1.54) is 0 Å². The predicted octanol–water partition coefficient (Wildman–Crippen LogP) is 2.57.